The Balaban J connectivity index is 1.85. The molecule has 2 aromatic heterocycles. The number of nitrogens with one attached hydrogen (secondary N) is 1. The fourth-order valence-electron chi connectivity index (χ4n) is 4.20. The van der Waals surface area contributed by atoms with Gasteiger partial charge in [-0.05, 0) is 59.4 Å². The molecule has 7 heteroatoms. The SMILES string of the molecule is Cc1nn(C(C)(C)C)c2nc(C3CC3)cc(C(=O)NC3(C(=O)O)CCCC3)c12. The summed E-state index contributed by atoms with van der Waals surface area (Å²) in [6.45, 7) is 8.05. The van der Waals surface area contributed by atoms with Crippen molar-refractivity contribution < 1.29 is 14.7 Å². The number of nitrogens with zero attached hydrogens (tertiary/aromatic N) is 3. The maximum absolute atomic E-state index is 13.3. The lowest BCUT2D eigenvalue weighted by Crippen LogP contribution is -2.52. The number of hydrogen-bond acceptors (Lipinski definition) is 4. The van der Waals surface area contributed by atoms with E-state index in [0.29, 0.717) is 30.0 Å². The minimum atomic E-state index is -1.17. The zero-order valence-corrected chi connectivity index (χ0v) is 17.0. The topological polar surface area (TPSA) is 97.1 Å². The smallest absolute Gasteiger partial charge is 0.329 e. The fourth-order valence-corrected chi connectivity index (χ4v) is 4.20. The summed E-state index contributed by atoms with van der Waals surface area (Å²) < 4.78 is 1.88. The van der Waals surface area contributed by atoms with E-state index in [2.05, 4.69) is 31.2 Å². The fraction of sp³-hybridized carbons (Fsp3) is 0.619. The molecule has 0 bridgehead atoms. The molecule has 0 atom stereocenters. The second kappa shape index (κ2) is 6.29. The van der Waals surface area contributed by atoms with E-state index in [9.17, 15) is 14.7 Å². The van der Waals surface area contributed by atoms with E-state index in [1.807, 2.05) is 17.7 Å². The van der Waals surface area contributed by atoms with E-state index in [-0.39, 0.29) is 11.4 Å². The molecule has 2 saturated carbocycles. The quantitative estimate of drug-likeness (QED) is 0.841. The number of hydrogen-bond donors (Lipinski definition) is 2. The minimum Gasteiger partial charge on any atom is -0.480 e. The zero-order valence-electron chi connectivity index (χ0n) is 17.0. The third-order valence-electron chi connectivity index (χ3n) is 5.93. The first-order valence-electron chi connectivity index (χ1n) is 10.1. The molecular weight excluding hydrogens is 356 g/mol. The summed E-state index contributed by atoms with van der Waals surface area (Å²) in [6.07, 6.45) is 4.71. The van der Waals surface area contributed by atoms with Gasteiger partial charge in [0.05, 0.1) is 22.2 Å². The highest BCUT2D eigenvalue weighted by Crippen LogP contribution is 2.41. The van der Waals surface area contributed by atoms with E-state index in [0.717, 1.165) is 42.5 Å². The van der Waals surface area contributed by atoms with Crippen molar-refractivity contribution in [2.45, 2.75) is 83.2 Å². The highest BCUT2D eigenvalue weighted by molar-refractivity contribution is 6.08. The Bertz CT molecular complexity index is 960. The minimum absolute atomic E-state index is 0.275. The average Bonchev–Trinajstić information content (AvgIpc) is 3.26. The van der Waals surface area contributed by atoms with Gasteiger partial charge >= 0.3 is 5.97 Å². The predicted molar refractivity (Wildman–Crippen MR) is 106 cm³/mol. The standard InChI is InChI=1S/C21H28N4O3/c1-12-16-14(18(26)23-21(19(27)28)9-5-6-10-21)11-15(13-7-8-13)22-17(16)25(24-12)20(2,3)4/h11,13H,5-10H2,1-4H3,(H,23,26)(H,27,28). The Morgan fingerprint density at radius 1 is 1.25 bits per heavy atom. The maximum Gasteiger partial charge on any atom is 0.329 e. The van der Waals surface area contributed by atoms with E-state index in [1.54, 1.807) is 0 Å². The molecule has 150 valence electrons. The van der Waals surface area contributed by atoms with Crippen LogP contribution in [0.5, 0.6) is 0 Å². The Morgan fingerprint density at radius 3 is 2.43 bits per heavy atom. The van der Waals surface area contributed by atoms with Gasteiger partial charge in [-0.3, -0.25) is 4.79 Å². The summed E-state index contributed by atoms with van der Waals surface area (Å²) >= 11 is 0. The van der Waals surface area contributed by atoms with Crippen LogP contribution in [-0.2, 0) is 10.3 Å². The van der Waals surface area contributed by atoms with Crippen LogP contribution in [0.3, 0.4) is 0 Å². The van der Waals surface area contributed by atoms with Gasteiger partial charge < -0.3 is 10.4 Å². The Kier molecular flexibility index (Phi) is 4.25. The van der Waals surface area contributed by atoms with Crippen molar-refractivity contribution in [3.8, 4) is 0 Å². The molecule has 0 aromatic carbocycles. The van der Waals surface area contributed by atoms with Crippen molar-refractivity contribution >= 4 is 22.9 Å². The first-order valence-corrected chi connectivity index (χ1v) is 10.1. The number of aliphatic carboxylic acids is 1. The average molecular weight is 384 g/mol. The summed E-state index contributed by atoms with van der Waals surface area (Å²) in [5, 5.41) is 18.0. The van der Waals surface area contributed by atoms with E-state index < -0.39 is 11.5 Å². The van der Waals surface area contributed by atoms with Crippen molar-refractivity contribution in [3.05, 3.63) is 23.0 Å². The monoisotopic (exact) mass is 384 g/mol. The van der Waals surface area contributed by atoms with Crippen LogP contribution in [0.2, 0.25) is 0 Å². The summed E-state index contributed by atoms with van der Waals surface area (Å²) in [7, 11) is 0. The summed E-state index contributed by atoms with van der Waals surface area (Å²) in [4.78, 5) is 30.0. The molecule has 7 nitrogen and oxygen atoms in total. The molecule has 2 aliphatic rings. The third-order valence-corrected chi connectivity index (χ3v) is 5.93. The van der Waals surface area contributed by atoms with Gasteiger partial charge in [0.1, 0.15) is 5.54 Å². The van der Waals surface area contributed by atoms with Gasteiger partial charge in [0.25, 0.3) is 5.91 Å². The van der Waals surface area contributed by atoms with Gasteiger partial charge in [-0.15, -0.1) is 0 Å². The molecule has 0 saturated heterocycles. The summed E-state index contributed by atoms with van der Waals surface area (Å²) in [6, 6.07) is 1.85. The number of amides is 1. The first-order chi connectivity index (χ1) is 13.1. The van der Waals surface area contributed by atoms with Gasteiger partial charge in [0, 0.05) is 11.6 Å². The number of aromatic nitrogens is 3. The van der Waals surface area contributed by atoms with E-state index in [4.69, 9.17) is 4.98 Å². The van der Waals surface area contributed by atoms with Crippen molar-refractivity contribution in [2.75, 3.05) is 0 Å². The van der Waals surface area contributed by atoms with Crippen LogP contribution in [-0.4, -0.2) is 37.3 Å². The molecule has 2 fully saturated rings. The van der Waals surface area contributed by atoms with Gasteiger partial charge in [-0.25, -0.2) is 14.5 Å². The highest BCUT2D eigenvalue weighted by atomic mass is 16.4. The molecule has 2 heterocycles. The van der Waals surface area contributed by atoms with Crippen molar-refractivity contribution in [3.63, 3.8) is 0 Å². The van der Waals surface area contributed by atoms with Crippen LogP contribution >= 0.6 is 0 Å². The normalized spacial score (nSPS) is 19.1. The molecule has 2 aliphatic carbocycles. The van der Waals surface area contributed by atoms with Crippen LogP contribution in [0, 0.1) is 6.92 Å². The number of rotatable bonds is 4. The van der Waals surface area contributed by atoms with Crippen LogP contribution in [0.15, 0.2) is 6.07 Å². The van der Waals surface area contributed by atoms with Crippen LogP contribution in [0.25, 0.3) is 11.0 Å². The van der Waals surface area contributed by atoms with E-state index in [1.165, 1.54) is 0 Å². The van der Waals surface area contributed by atoms with Gasteiger partial charge in [-0.1, -0.05) is 12.8 Å². The lowest BCUT2D eigenvalue weighted by molar-refractivity contribution is -0.144. The third kappa shape index (κ3) is 3.06. The van der Waals surface area contributed by atoms with E-state index >= 15 is 0 Å². The molecule has 0 spiro atoms. The number of aryl methyl sites for hydroxylation is 1. The molecule has 2 aromatic rings. The number of pyridine rings is 1. The largest absolute Gasteiger partial charge is 0.480 e. The van der Waals surface area contributed by atoms with Crippen LogP contribution < -0.4 is 5.32 Å². The highest BCUT2D eigenvalue weighted by Gasteiger charge is 2.43. The van der Waals surface area contributed by atoms with Gasteiger partial charge in [0.2, 0.25) is 0 Å². The number of fused-ring (bicyclic) bond motifs is 1. The Hall–Kier alpha value is -2.44. The summed E-state index contributed by atoms with van der Waals surface area (Å²) in [5.41, 5.74) is 1.39. The maximum atomic E-state index is 13.3. The van der Waals surface area contributed by atoms with Gasteiger partial charge in [0.15, 0.2) is 5.65 Å². The number of carboxylic acid groups (broad SMARTS) is 1. The molecule has 28 heavy (non-hydrogen) atoms. The second-order valence-corrected chi connectivity index (χ2v) is 9.28. The van der Waals surface area contributed by atoms with Crippen LogP contribution in [0.1, 0.15) is 87.0 Å². The first kappa shape index (κ1) is 18.9. The zero-order chi connectivity index (χ0) is 20.3. The number of carboxylic acids is 1. The lowest BCUT2D eigenvalue weighted by atomic mass is 9.96. The molecule has 0 unspecified atom stereocenters. The lowest BCUT2D eigenvalue weighted by Gasteiger charge is -2.25. The molecule has 4 rings (SSSR count). The van der Waals surface area contributed by atoms with Crippen molar-refractivity contribution in [1.82, 2.24) is 20.1 Å². The predicted octanol–water partition coefficient (Wildman–Crippen LogP) is 3.50. The molecular formula is C21H28N4O3. The van der Waals surface area contributed by atoms with Crippen molar-refractivity contribution in [2.24, 2.45) is 0 Å². The number of carbonyl (C=O) groups is 2. The molecule has 2 N–H and O–H groups in total. The van der Waals surface area contributed by atoms with Crippen LogP contribution in [0.4, 0.5) is 0 Å². The van der Waals surface area contributed by atoms with Gasteiger partial charge in [-0.2, -0.15) is 5.10 Å². The van der Waals surface area contributed by atoms with Crippen molar-refractivity contribution in [1.29, 1.82) is 0 Å². The molecule has 0 aliphatic heterocycles. The number of carbonyl (C=O) groups excluding carboxylic acids is 1. The molecule has 1 amide bonds. The summed E-state index contributed by atoms with van der Waals surface area (Å²) in [5.74, 6) is -0.914. The molecule has 0 radical (unpaired) electrons. The second-order valence-electron chi connectivity index (χ2n) is 9.28. The Labute approximate surface area is 164 Å². The Morgan fingerprint density at radius 2 is 1.89 bits per heavy atom.